The largest absolute Gasteiger partial charge is 0.444 e. The van der Waals surface area contributed by atoms with E-state index in [0.29, 0.717) is 12.2 Å². The molecule has 1 atom stereocenters. The van der Waals surface area contributed by atoms with Gasteiger partial charge in [-0.25, -0.2) is 9.79 Å². The number of ether oxygens (including phenoxy) is 1. The van der Waals surface area contributed by atoms with Crippen LogP contribution < -0.4 is 21.4 Å². The van der Waals surface area contributed by atoms with Gasteiger partial charge in [-0.05, 0) is 45.4 Å². The number of nitrogens with zero attached hydrogens (tertiary/aromatic N) is 1. The molecule has 8 heteroatoms. The Hall–Kier alpha value is -2.74. The summed E-state index contributed by atoms with van der Waals surface area (Å²) in [6, 6.07) is 7.56. The minimum absolute atomic E-state index is 0.378. The lowest BCUT2D eigenvalue weighted by Gasteiger charge is -2.23. The Morgan fingerprint density at radius 3 is 2.60 bits per heavy atom. The molecule has 0 spiro atoms. The lowest BCUT2D eigenvalue weighted by molar-refractivity contribution is 0.0523. The molecule has 136 valence electrons. The first-order valence-electron chi connectivity index (χ1n) is 8.00. The van der Waals surface area contributed by atoms with Gasteiger partial charge in [-0.2, -0.15) is 0 Å². The highest BCUT2D eigenvalue weighted by molar-refractivity contribution is 5.82. The number of nitrogens with one attached hydrogen (secondary N) is 4. The molecule has 1 aliphatic rings. The van der Waals surface area contributed by atoms with Crippen LogP contribution in [0.4, 0.5) is 10.5 Å². The third-order valence-electron chi connectivity index (χ3n) is 3.28. The first kappa shape index (κ1) is 18.6. The Bertz CT molecular complexity index is 662. The number of amides is 1. The number of benzene rings is 1. The molecule has 0 bridgehead atoms. The fraction of sp³-hybridized carbons (Fsp3) is 0.412. The summed E-state index contributed by atoms with van der Waals surface area (Å²) in [7, 11) is 0. The highest BCUT2D eigenvalue weighted by atomic mass is 16.6. The molecule has 1 unspecified atom stereocenters. The van der Waals surface area contributed by atoms with Crippen LogP contribution in [-0.2, 0) is 11.3 Å². The van der Waals surface area contributed by atoms with Gasteiger partial charge in [0.1, 0.15) is 11.4 Å². The minimum Gasteiger partial charge on any atom is -0.444 e. The summed E-state index contributed by atoms with van der Waals surface area (Å²) in [4.78, 5) is 16.0. The van der Waals surface area contributed by atoms with Gasteiger partial charge in [0.05, 0.1) is 5.70 Å². The van der Waals surface area contributed by atoms with Crippen molar-refractivity contribution in [1.82, 2.24) is 16.1 Å². The Kier molecular flexibility index (Phi) is 5.87. The molecule has 1 amide bonds. The zero-order valence-electron chi connectivity index (χ0n) is 14.9. The van der Waals surface area contributed by atoms with Gasteiger partial charge in [0.25, 0.3) is 0 Å². The monoisotopic (exact) mass is 347 g/mol. The molecule has 0 saturated heterocycles. The number of alkyl carbamates (subject to hydrolysis) is 1. The van der Waals surface area contributed by atoms with E-state index in [0.717, 1.165) is 17.1 Å². The van der Waals surface area contributed by atoms with E-state index in [-0.39, 0.29) is 0 Å². The summed E-state index contributed by atoms with van der Waals surface area (Å²) >= 11 is 0. The maximum atomic E-state index is 11.7. The molecule has 0 aromatic heterocycles. The number of carbonyl (C=O) groups excluding carboxylic acids is 1. The van der Waals surface area contributed by atoms with E-state index in [1.54, 1.807) is 6.20 Å². The van der Waals surface area contributed by atoms with Crippen LogP contribution in [0.3, 0.4) is 0 Å². The van der Waals surface area contributed by atoms with Crippen LogP contribution >= 0.6 is 0 Å². The van der Waals surface area contributed by atoms with Gasteiger partial charge >= 0.3 is 6.09 Å². The summed E-state index contributed by atoms with van der Waals surface area (Å²) in [5.74, 6) is 0.745. The highest BCUT2D eigenvalue weighted by Gasteiger charge is 2.17. The highest BCUT2D eigenvalue weighted by Crippen LogP contribution is 2.15. The normalized spacial score (nSPS) is 16.9. The van der Waals surface area contributed by atoms with E-state index in [2.05, 4.69) is 26.4 Å². The number of anilines is 1. The molecule has 1 aromatic rings. The average Bonchev–Trinajstić information content (AvgIpc) is 2.53. The van der Waals surface area contributed by atoms with Crippen LogP contribution in [0.25, 0.3) is 0 Å². The van der Waals surface area contributed by atoms with Crippen molar-refractivity contribution < 1.29 is 14.7 Å². The zero-order valence-corrected chi connectivity index (χ0v) is 14.9. The van der Waals surface area contributed by atoms with Gasteiger partial charge in [0.15, 0.2) is 6.17 Å². The summed E-state index contributed by atoms with van der Waals surface area (Å²) in [6.45, 7) is 7.68. The van der Waals surface area contributed by atoms with Crippen molar-refractivity contribution in [2.24, 2.45) is 4.99 Å². The fourth-order valence-electron chi connectivity index (χ4n) is 2.13. The lowest BCUT2D eigenvalue weighted by Crippen LogP contribution is -2.35. The predicted octanol–water partition coefficient (Wildman–Crippen LogP) is 2.29. The molecular weight excluding hydrogens is 322 g/mol. The number of aliphatic imine (C=N–C) groups is 1. The molecule has 0 aliphatic carbocycles. The summed E-state index contributed by atoms with van der Waals surface area (Å²) in [6.07, 6.45) is 0.800. The summed E-state index contributed by atoms with van der Waals surface area (Å²) < 4.78 is 5.20. The quantitative estimate of drug-likeness (QED) is 0.523. The second-order valence-corrected chi connectivity index (χ2v) is 6.67. The fourth-order valence-corrected chi connectivity index (χ4v) is 2.13. The first-order valence-corrected chi connectivity index (χ1v) is 8.00. The van der Waals surface area contributed by atoms with E-state index in [1.807, 2.05) is 52.0 Å². The predicted molar refractivity (Wildman–Crippen MR) is 96.2 cm³/mol. The number of rotatable bonds is 5. The summed E-state index contributed by atoms with van der Waals surface area (Å²) in [5, 5.41) is 18.0. The van der Waals surface area contributed by atoms with E-state index in [9.17, 15) is 4.79 Å². The van der Waals surface area contributed by atoms with E-state index in [4.69, 9.17) is 9.94 Å². The molecule has 1 aliphatic heterocycles. The van der Waals surface area contributed by atoms with Crippen molar-refractivity contribution in [2.75, 3.05) is 5.32 Å². The lowest BCUT2D eigenvalue weighted by atomic mass is 10.2. The van der Waals surface area contributed by atoms with Crippen LogP contribution in [-0.4, -0.2) is 28.9 Å². The second kappa shape index (κ2) is 7.89. The van der Waals surface area contributed by atoms with Crippen LogP contribution in [0.15, 0.2) is 41.2 Å². The van der Waals surface area contributed by atoms with Crippen molar-refractivity contribution in [3.8, 4) is 0 Å². The number of hydroxylamine groups is 1. The Balaban J connectivity index is 1.90. The zero-order chi connectivity index (χ0) is 18.4. The molecule has 1 heterocycles. The van der Waals surface area contributed by atoms with E-state index in [1.165, 1.54) is 0 Å². The van der Waals surface area contributed by atoms with Crippen molar-refractivity contribution in [3.63, 3.8) is 0 Å². The Morgan fingerprint density at radius 2 is 2.00 bits per heavy atom. The number of carbonyl (C=O) groups is 1. The second-order valence-electron chi connectivity index (χ2n) is 6.67. The van der Waals surface area contributed by atoms with Gasteiger partial charge in [-0.15, -0.1) is 0 Å². The van der Waals surface area contributed by atoms with Gasteiger partial charge in [0, 0.05) is 18.4 Å². The van der Waals surface area contributed by atoms with Gasteiger partial charge in [0.2, 0.25) is 0 Å². The third kappa shape index (κ3) is 6.00. The van der Waals surface area contributed by atoms with E-state index >= 15 is 0 Å². The molecule has 0 radical (unpaired) electrons. The topological polar surface area (TPSA) is 107 Å². The van der Waals surface area contributed by atoms with Gasteiger partial charge in [-0.3, -0.25) is 10.7 Å². The standard InChI is InChI=1S/C17H25N5O3/c1-11-18-10-14(22-24)15(20-11)21-13-7-5-12(6-8-13)9-19-16(23)25-17(2,3)4/h5-8,10,15,21-22,24H,9H2,1-4H3,(H,18,20)(H,19,23). The summed E-state index contributed by atoms with van der Waals surface area (Å²) in [5.41, 5.74) is 3.90. The van der Waals surface area contributed by atoms with Crippen LogP contribution in [0.5, 0.6) is 0 Å². The van der Waals surface area contributed by atoms with Crippen molar-refractivity contribution in [1.29, 1.82) is 0 Å². The Morgan fingerprint density at radius 1 is 1.32 bits per heavy atom. The molecule has 25 heavy (non-hydrogen) atoms. The molecule has 8 nitrogen and oxygen atoms in total. The molecular formula is C17H25N5O3. The van der Waals surface area contributed by atoms with Crippen molar-refractivity contribution >= 4 is 17.6 Å². The maximum absolute atomic E-state index is 11.7. The smallest absolute Gasteiger partial charge is 0.407 e. The van der Waals surface area contributed by atoms with Crippen LogP contribution in [0, 0.1) is 0 Å². The maximum Gasteiger partial charge on any atom is 0.407 e. The number of hydrogen-bond donors (Lipinski definition) is 5. The van der Waals surface area contributed by atoms with Crippen molar-refractivity contribution in [3.05, 3.63) is 41.7 Å². The Labute approximate surface area is 147 Å². The van der Waals surface area contributed by atoms with Gasteiger partial charge < -0.3 is 20.7 Å². The SMILES string of the molecule is CC1=NC(Nc2ccc(CNC(=O)OC(C)(C)C)cc2)C(NO)=CN1. The van der Waals surface area contributed by atoms with Crippen LogP contribution in [0.2, 0.25) is 0 Å². The molecule has 0 saturated carbocycles. The number of amidine groups is 1. The molecule has 5 N–H and O–H groups in total. The van der Waals surface area contributed by atoms with Crippen molar-refractivity contribution in [2.45, 2.75) is 46.0 Å². The third-order valence-corrected chi connectivity index (χ3v) is 3.28. The first-order chi connectivity index (χ1) is 11.8. The average molecular weight is 347 g/mol. The molecule has 1 aromatic carbocycles. The minimum atomic E-state index is -0.517. The van der Waals surface area contributed by atoms with Gasteiger partial charge in [-0.1, -0.05) is 12.1 Å². The van der Waals surface area contributed by atoms with Crippen LogP contribution in [0.1, 0.15) is 33.3 Å². The molecule has 0 fully saturated rings. The number of hydrogen-bond acceptors (Lipinski definition) is 7. The van der Waals surface area contributed by atoms with E-state index < -0.39 is 17.9 Å². The molecule has 2 rings (SSSR count).